The van der Waals surface area contributed by atoms with Gasteiger partial charge in [-0.1, -0.05) is 85.4 Å². The number of nitrogen functional groups attached to an aromatic ring is 1. The number of phenols is 1. The molecule has 0 amide bonds. The van der Waals surface area contributed by atoms with Crippen molar-refractivity contribution in [2.75, 3.05) is 5.73 Å². The quantitative estimate of drug-likeness (QED) is 0.260. The average molecular weight is 504 g/mol. The maximum absolute atomic E-state index is 10.8. The van der Waals surface area contributed by atoms with Gasteiger partial charge in [-0.3, -0.25) is 0 Å². The zero-order valence-electron chi connectivity index (χ0n) is 23.2. The van der Waals surface area contributed by atoms with E-state index in [4.69, 9.17) is 5.73 Å². The number of aromatic hydroxyl groups is 1. The Morgan fingerprint density at radius 3 is 1.94 bits per heavy atom. The molecule has 192 valence electrons. The molecule has 0 radical (unpaired) electrons. The van der Waals surface area contributed by atoms with Gasteiger partial charge in [0.25, 0.3) is 0 Å². The highest BCUT2D eigenvalue weighted by molar-refractivity contribution is 7.99. The number of aryl methyl sites for hydroxylation is 1. The van der Waals surface area contributed by atoms with Gasteiger partial charge in [0.1, 0.15) is 17.1 Å². The number of hydrogen-bond donors (Lipinski definition) is 2. The maximum Gasteiger partial charge on any atom is 0.146 e. The molecular weight excluding hydrogens is 462 g/mol. The van der Waals surface area contributed by atoms with Crippen molar-refractivity contribution in [2.45, 2.75) is 89.4 Å². The van der Waals surface area contributed by atoms with E-state index in [0.717, 1.165) is 27.3 Å². The van der Waals surface area contributed by atoms with Gasteiger partial charge in [0.15, 0.2) is 0 Å². The second-order valence-electron chi connectivity index (χ2n) is 12.6. The largest absolute Gasteiger partial charge is 0.505 e. The molecule has 0 heterocycles. The molecule has 3 rings (SSSR count). The molecular formula is C31H41N3OS. The molecule has 3 N–H and O–H groups in total. The molecule has 0 fully saturated rings. The van der Waals surface area contributed by atoms with Gasteiger partial charge in [-0.2, -0.15) is 0 Å². The second-order valence-corrected chi connectivity index (χ2v) is 13.7. The Bertz CT molecular complexity index is 1250. The number of nitrogens with zero attached hydrogens (tertiary/aromatic N) is 2. The summed E-state index contributed by atoms with van der Waals surface area (Å²) in [6, 6.07) is 18.5. The Morgan fingerprint density at radius 1 is 0.778 bits per heavy atom. The van der Waals surface area contributed by atoms with E-state index in [1.54, 1.807) is 11.8 Å². The lowest BCUT2D eigenvalue weighted by atomic mass is 9.72. The summed E-state index contributed by atoms with van der Waals surface area (Å²) >= 11 is 1.67. The first-order chi connectivity index (χ1) is 16.5. The van der Waals surface area contributed by atoms with E-state index in [1.807, 2.05) is 37.3 Å². The standard InChI is InChI=1S/C31H41N3OS/c1-20-16-24(30(5,6)7)28(35)27(17-20)34-33-26-18-23(14-15-25(26)32)36-22-12-10-21(11-13-22)31(8,9)19-29(2,3)4/h10-18,35H,19,32H2,1-9H3. The summed E-state index contributed by atoms with van der Waals surface area (Å²) < 4.78 is 0. The third-order valence-electron chi connectivity index (χ3n) is 6.15. The normalized spacial score (nSPS) is 12.9. The Kier molecular flexibility index (Phi) is 7.95. The predicted octanol–water partition coefficient (Wildman–Crippen LogP) is 9.86. The number of nitrogens with two attached hydrogens (primary N) is 1. The van der Waals surface area contributed by atoms with Crippen LogP contribution in [-0.4, -0.2) is 5.11 Å². The molecule has 3 aromatic rings. The zero-order valence-corrected chi connectivity index (χ0v) is 24.0. The Labute approximate surface area is 221 Å². The van der Waals surface area contributed by atoms with E-state index in [1.165, 1.54) is 5.56 Å². The van der Waals surface area contributed by atoms with E-state index < -0.39 is 0 Å². The van der Waals surface area contributed by atoms with Crippen molar-refractivity contribution < 1.29 is 5.11 Å². The minimum Gasteiger partial charge on any atom is -0.505 e. The first-order valence-corrected chi connectivity index (χ1v) is 13.3. The van der Waals surface area contributed by atoms with Crippen molar-refractivity contribution in [1.29, 1.82) is 0 Å². The molecule has 0 saturated heterocycles. The lowest BCUT2D eigenvalue weighted by Crippen LogP contribution is -2.24. The van der Waals surface area contributed by atoms with E-state index in [-0.39, 0.29) is 22.0 Å². The minimum atomic E-state index is -0.201. The van der Waals surface area contributed by atoms with E-state index in [9.17, 15) is 5.11 Å². The third-order valence-corrected chi connectivity index (χ3v) is 7.15. The molecule has 5 heteroatoms. The van der Waals surface area contributed by atoms with Crippen LogP contribution in [-0.2, 0) is 10.8 Å². The average Bonchev–Trinajstić information content (AvgIpc) is 2.74. The van der Waals surface area contributed by atoms with Crippen LogP contribution >= 0.6 is 11.8 Å². The van der Waals surface area contributed by atoms with Crippen LogP contribution in [0.25, 0.3) is 0 Å². The molecule has 3 aromatic carbocycles. The fraction of sp³-hybridized carbons (Fsp3) is 0.419. The summed E-state index contributed by atoms with van der Waals surface area (Å²) in [7, 11) is 0. The summed E-state index contributed by atoms with van der Waals surface area (Å²) in [5.74, 6) is 0.162. The molecule has 0 bridgehead atoms. The lowest BCUT2D eigenvalue weighted by Gasteiger charge is -2.33. The third kappa shape index (κ3) is 7.13. The predicted molar refractivity (Wildman–Crippen MR) is 154 cm³/mol. The first kappa shape index (κ1) is 27.8. The Balaban J connectivity index is 1.83. The SMILES string of the molecule is Cc1cc(N=Nc2cc(Sc3ccc(C(C)(C)CC(C)(C)C)cc3)ccc2N)c(O)c(C(C)(C)C)c1. The maximum atomic E-state index is 10.8. The minimum absolute atomic E-state index is 0.115. The summed E-state index contributed by atoms with van der Waals surface area (Å²) in [5, 5.41) is 19.6. The monoisotopic (exact) mass is 503 g/mol. The van der Waals surface area contributed by atoms with Crippen molar-refractivity contribution in [2.24, 2.45) is 15.6 Å². The fourth-order valence-electron chi connectivity index (χ4n) is 4.73. The Morgan fingerprint density at radius 2 is 1.36 bits per heavy atom. The highest BCUT2D eigenvalue weighted by Gasteiger charge is 2.27. The van der Waals surface area contributed by atoms with Gasteiger partial charge >= 0.3 is 0 Å². The summed E-state index contributed by atoms with van der Waals surface area (Å²) in [4.78, 5) is 2.19. The molecule has 4 nitrogen and oxygen atoms in total. The van der Waals surface area contributed by atoms with Crippen LogP contribution in [0.3, 0.4) is 0 Å². The number of azo groups is 1. The highest BCUT2D eigenvalue weighted by Crippen LogP contribution is 2.41. The van der Waals surface area contributed by atoms with Gasteiger partial charge < -0.3 is 10.8 Å². The van der Waals surface area contributed by atoms with E-state index in [2.05, 4.69) is 89.9 Å². The van der Waals surface area contributed by atoms with Gasteiger partial charge in [0.2, 0.25) is 0 Å². The van der Waals surface area contributed by atoms with Crippen LogP contribution < -0.4 is 5.73 Å². The second kappa shape index (κ2) is 10.3. The number of anilines is 1. The molecule has 0 aliphatic carbocycles. The summed E-state index contributed by atoms with van der Waals surface area (Å²) in [6.45, 7) is 19.7. The molecule has 0 atom stereocenters. The van der Waals surface area contributed by atoms with Crippen LogP contribution in [0.2, 0.25) is 0 Å². The zero-order chi connectivity index (χ0) is 26.9. The van der Waals surface area contributed by atoms with Gasteiger partial charge in [-0.25, -0.2) is 0 Å². The smallest absolute Gasteiger partial charge is 0.146 e. The molecule has 36 heavy (non-hydrogen) atoms. The highest BCUT2D eigenvalue weighted by atomic mass is 32.2. The number of phenolic OH excluding ortho intramolecular Hbond substituents is 1. The van der Waals surface area contributed by atoms with Gasteiger partial charge in [-0.15, -0.1) is 10.2 Å². The van der Waals surface area contributed by atoms with E-state index >= 15 is 0 Å². The molecule has 0 saturated carbocycles. The fourth-order valence-corrected chi connectivity index (χ4v) is 5.58. The number of rotatable bonds is 6. The molecule has 0 spiro atoms. The van der Waals surface area contributed by atoms with Gasteiger partial charge in [-0.05, 0) is 77.1 Å². The molecule has 0 aliphatic heterocycles. The first-order valence-electron chi connectivity index (χ1n) is 12.5. The van der Waals surface area contributed by atoms with Crippen LogP contribution in [0.5, 0.6) is 5.75 Å². The van der Waals surface area contributed by atoms with Crippen molar-refractivity contribution in [3.8, 4) is 5.75 Å². The lowest BCUT2D eigenvalue weighted by molar-refractivity contribution is 0.284. The number of hydrogen-bond acceptors (Lipinski definition) is 5. The van der Waals surface area contributed by atoms with Gasteiger partial charge in [0.05, 0.1) is 5.69 Å². The topological polar surface area (TPSA) is 71.0 Å². The number of benzene rings is 3. The van der Waals surface area contributed by atoms with Crippen LogP contribution in [0.15, 0.2) is 74.6 Å². The van der Waals surface area contributed by atoms with Gasteiger partial charge in [0, 0.05) is 15.4 Å². The van der Waals surface area contributed by atoms with Crippen molar-refractivity contribution >= 4 is 28.8 Å². The molecule has 0 unspecified atom stereocenters. The summed E-state index contributed by atoms with van der Waals surface area (Å²) in [6.07, 6.45) is 1.12. The van der Waals surface area contributed by atoms with Crippen LogP contribution in [0, 0.1) is 12.3 Å². The van der Waals surface area contributed by atoms with Crippen molar-refractivity contribution in [3.63, 3.8) is 0 Å². The summed E-state index contributed by atoms with van der Waals surface area (Å²) in [5.41, 5.74) is 11.2. The van der Waals surface area contributed by atoms with Crippen LogP contribution in [0.4, 0.5) is 17.1 Å². The Hall–Kier alpha value is -2.79. The van der Waals surface area contributed by atoms with Crippen molar-refractivity contribution in [3.05, 3.63) is 71.3 Å². The van der Waals surface area contributed by atoms with Crippen molar-refractivity contribution in [1.82, 2.24) is 0 Å². The van der Waals surface area contributed by atoms with Crippen LogP contribution in [0.1, 0.15) is 78.5 Å². The molecule has 0 aromatic heterocycles. The molecule has 0 aliphatic rings. The van der Waals surface area contributed by atoms with E-state index in [0.29, 0.717) is 17.1 Å².